The highest BCUT2D eigenvalue weighted by molar-refractivity contribution is 5.36. The zero-order valence-electron chi connectivity index (χ0n) is 10.2. The van der Waals surface area contributed by atoms with E-state index < -0.39 is 0 Å². The van der Waals surface area contributed by atoms with Gasteiger partial charge in [0.2, 0.25) is 0 Å². The number of anilines is 1. The van der Waals surface area contributed by atoms with Gasteiger partial charge in [-0.2, -0.15) is 5.26 Å². The third-order valence-electron chi connectivity index (χ3n) is 3.23. The van der Waals surface area contributed by atoms with Gasteiger partial charge in [-0.05, 0) is 13.8 Å². The minimum absolute atomic E-state index is 0.361. The van der Waals surface area contributed by atoms with E-state index in [1.807, 2.05) is 0 Å². The van der Waals surface area contributed by atoms with Gasteiger partial charge in [0.25, 0.3) is 0 Å². The zero-order valence-corrected chi connectivity index (χ0v) is 10.2. The number of rotatable bonds is 2. The van der Waals surface area contributed by atoms with E-state index in [-0.39, 0.29) is 0 Å². The lowest BCUT2D eigenvalue weighted by molar-refractivity contribution is 0.150. The van der Waals surface area contributed by atoms with Crippen molar-refractivity contribution in [3.63, 3.8) is 0 Å². The summed E-state index contributed by atoms with van der Waals surface area (Å²) < 4.78 is 0. The number of nitriles is 1. The molecule has 1 aromatic heterocycles. The van der Waals surface area contributed by atoms with Crippen molar-refractivity contribution in [2.45, 2.75) is 25.9 Å². The van der Waals surface area contributed by atoms with Crippen molar-refractivity contribution < 1.29 is 0 Å². The van der Waals surface area contributed by atoms with Crippen LogP contribution in [0, 0.1) is 11.3 Å². The molecule has 0 radical (unpaired) electrons. The van der Waals surface area contributed by atoms with Crippen LogP contribution in [0.3, 0.4) is 0 Å². The lowest BCUT2D eigenvalue weighted by atomic mass is 10.1. The zero-order chi connectivity index (χ0) is 12.3. The van der Waals surface area contributed by atoms with Gasteiger partial charge in [-0.15, -0.1) is 0 Å². The summed E-state index contributed by atoms with van der Waals surface area (Å²) >= 11 is 0. The summed E-state index contributed by atoms with van der Waals surface area (Å²) in [6.07, 6.45) is 5.19. The van der Waals surface area contributed by atoms with Crippen LogP contribution in [0.4, 0.5) is 5.82 Å². The van der Waals surface area contributed by atoms with Crippen LogP contribution in [-0.4, -0.2) is 46.6 Å². The van der Waals surface area contributed by atoms with Crippen LogP contribution < -0.4 is 4.90 Å². The van der Waals surface area contributed by atoms with Crippen molar-refractivity contribution in [2.75, 3.05) is 24.5 Å². The van der Waals surface area contributed by atoms with Crippen LogP contribution in [0.5, 0.6) is 0 Å². The number of aromatic nitrogens is 2. The van der Waals surface area contributed by atoms with Crippen molar-refractivity contribution in [2.24, 2.45) is 0 Å². The average molecular weight is 231 g/mol. The van der Waals surface area contributed by atoms with Crippen molar-refractivity contribution in [3.05, 3.63) is 18.6 Å². The summed E-state index contributed by atoms with van der Waals surface area (Å²) in [5.74, 6) is 0.919. The minimum Gasteiger partial charge on any atom is -0.352 e. The molecule has 0 amide bonds. The van der Waals surface area contributed by atoms with E-state index in [0.717, 1.165) is 18.9 Å². The molecule has 0 bridgehead atoms. The predicted octanol–water partition coefficient (Wildman–Crippen LogP) is 0.899. The number of hydrogen-bond acceptors (Lipinski definition) is 5. The van der Waals surface area contributed by atoms with E-state index in [2.05, 4.69) is 39.7 Å². The van der Waals surface area contributed by atoms with Crippen molar-refractivity contribution >= 4 is 5.82 Å². The van der Waals surface area contributed by atoms with Crippen molar-refractivity contribution in [3.8, 4) is 6.07 Å². The highest BCUT2D eigenvalue weighted by atomic mass is 15.3. The van der Waals surface area contributed by atoms with E-state index in [1.165, 1.54) is 0 Å². The molecule has 0 spiro atoms. The third-order valence-corrected chi connectivity index (χ3v) is 3.23. The molecule has 17 heavy (non-hydrogen) atoms. The van der Waals surface area contributed by atoms with Gasteiger partial charge in [-0.3, -0.25) is 9.88 Å². The Bertz CT molecular complexity index is 387. The lowest BCUT2D eigenvalue weighted by Gasteiger charge is -2.43. The van der Waals surface area contributed by atoms with Gasteiger partial charge in [0.15, 0.2) is 0 Å². The fourth-order valence-corrected chi connectivity index (χ4v) is 2.39. The highest BCUT2D eigenvalue weighted by Gasteiger charge is 2.29. The molecular weight excluding hydrogens is 214 g/mol. The summed E-state index contributed by atoms with van der Waals surface area (Å²) in [7, 11) is 0. The van der Waals surface area contributed by atoms with Crippen LogP contribution in [-0.2, 0) is 0 Å². The van der Waals surface area contributed by atoms with Crippen LogP contribution in [0.1, 0.15) is 13.8 Å². The molecule has 1 saturated heterocycles. The molecule has 0 unspecified atom stereocenters. The van der Waals surface area contributed by atoms with Gasteiger partial charge in [-0.1, -0.05) is 0 Å². The fourth-order valence-electron chi connectivity index (χ4n) is 2.39. The standard InChI is InChI=1S/C12H17N5/c1-10-8-16(12-7-14-4-5-15-12)9-11(2)17(10)6-3-13/h4-5,7,10-11H,6,8-9H2,1-2H3/t10-,11+. The molecule has 5 nitrogen and oxygen atoms in total. The largest absolute Gasteiger partial charge is 0.352 e. The third kappa shape index (κ3) is 2.53. The molecule has 2 rings (SSSR count). The summed E-state index contributed by atoms with van der Waals surface area (Å²) in [6, 6.07) is 2.96. The second-order valence-corrected chi connectivity index (χ2v) is 4.50. The first-order valence-electron chi connectivity index (χ1n) is 5.86. The van der Waals surface area contributed by atoms with Crippen molar-refractivity contribution in [1.82, 2.24) is 14.9 Å². The van der Waals surface area contributed by atoms with E-state index in [4.69, 9.17) is 5.26 Å². The second kappa shape index (κ2) is 5.11. The number of hydrogen-bond donors (Lipinski definition) is 0. The van der Waals surface area contributed by atoms with Gasteiger partial charge < -0.3 is 4.90 Å². The normalized spacial score (nSPS) is 25.6. The lowest BCUT2D eigenvalue weighted by Crippen LogP contribution is -2.57. The van der Waals surface area contributed by atoms with Crippen molar-refractivity contribution in [1.29, 1.82) is 5.26 Å². The Morgan fingerprint density at radius 2 is 2.06 bits per heavy atom. The summed E-state index contributed by atoms with van der Waals surface area (Å²) in [6.45, 7) is 6.58. The molecule has 0 aromatic carbocycles. The molecule has 2 atom stereocenters. The molecular formula is C12H17N5. The predicted molar refractivity (Wildman–Crippen MR) is 65.5 cm³/mol. The average Bonchev–Trinajstić information content (AvgIpc) is 2.35. The van der Waals surface area contributed by atoms with Crippen LogP contribution in [0.15, 0.2) is 18.6 Å². The Hall–Kier alpha value is -1.67. The van der Waals surface area contributed by atoms with Crippen LogP contribution in [0.2, 0.25) is 0 Å². The van der Waals surface area contributed by atoms with Gasteiger partial charge >= 0.3 is 0 Å². The molecule has 1 aliphatic rings. The highest BCUT2D eigenvalue weighted by Crippen LogP contribution is 2.19. The first kappa shape index (κ1) is 11.8. The summed E-state index contributed by atoms with van der Waals surface area (Å²) in [4.78, 5) is 12.9. The first-order chi connectivity index (χ1) is 8.22. The number of piperazine rings is 1. The Morgan fingerprint density at radius 3 is 2.59 bits per heavy atom. The first-order valence-corrected chi connectivity index (χ1v) is 5.86. The SMILES string of the molecule is C[C@@H]1CN(c2cnccn2)C[C@H](C)N1CC#N. The maximum atomic E-state index is 8.81. The number of nitrogens with zero attached hydrogens (tertiary/aromatic N) is 5. The Kier molecular flexibility index (Phi) is 3.55. The molecule has 1 aliphatic heterocycles. The molecule has 1 aromatic rings. The van der Waals surface area contributed by atoms with Gasteiger partial charge in [0.05, 0.1) is 18.8 Å². The van der Waals surface area contributed by atoms with Crippen LogP contribution in [0.25, 0.3) is 0 Å². The molecule has 90 valence electrons. The fraction of sp³-hybridized carbons (Fsp3) is 0.583. The van der Waals surface area contributed by atoms with Gasteiger partial charge in [0.1, 0.15) is 5.82 Å². The molecule has 0 N–H and O–H groups in total. The maximum absolute atomic E-state index is 8.81. The maximum Gasteiger partial charge on any atom is 0.147 e. The van der Waals surface area contributed by atoms with Gasteiger partial charge in [0, 0.05) is 37.6 Å². The molecule has 5 heteroatoms. The Morgan fingerprint density at radius 1 is 1.35 bits per heavy atom. The summed E-state index contributed by atoms with van der Waals surface area (Å²) in [5.41, 5.74) is 0. The molecule has 1 fully saturated rings. The monoisotopic (exact) mass is 231 g/mol. The van der Waals surface area contributed by atoms with E-state index in [9.17, 15) is 0 Å². The van der Waals surface area contributed by atoms with E-state index >= 15 is 0 Å². The Labute approximate surface area is 102 Å². The summed E-state index contributed by atoms with van der Waals surface area (Å²) in [5, 5.41) is 8.81. The molecule has 0 saturated carbocycles. The minimum atomic E-state index is 0.361. The van der Waals surface area contributed by atoms with Gasteiger partial charge in [-0.25, -0.2) is 4.98 Å². The quantitative estimate of drug-likeness (QED) is 0.708. The topological polar surface area (TPSA) is 56.1 Å². The van der Waals surface area contributed by atoms with E-state index in [1.54, 1.807) is 18.6 Å². The van der Waals surface area contributed by atoms with Crippen LogP contribution >= 0.6 is 0 Å². The Balaban J connectivity index is 2.09. The van der Waals surface area contributed by atoms with E-state index in [0.29, 0.717) is 18.6 Å². The molecule has 0 aliphatic carbocycles. The smallest absolute Gasteiger partial charge is 0.147 e. The second-order valence-electron chi connectivity index (χ2n) is 4.50. The molecule has 2 heterocycles.